The summed E-state index contributed by atoms with van der Waals surface area (Å²) < 4.78 is 1.87. The van der Waals surface area contributed by atoms with Gasteiger partial charge in [0.25, 0.3) is 0 Å². The first-order chi connectivity index (χ1) is 6.77. The van der Waals surface area contributed by atoms with Gasteiger partial charge in [-0.2, -0.15) is 5.10 Å². The summed E-state index contributed by atoms with van der Waals surface area (Å²) in [4.78, 5) is 4.15. The zero-order valence-corrected chi connectivity index (χ0v) is 9.01. The van der Waals surface area contributed by atoms with E-state index in [1.165, 1.54) is 11.3 Å². The van der Waals surface area contributed by atoms with E-state index in [2.05, 4.69) is 22.3 Å². The summed E-state index contributed by atoms with van der Waals surface area (Å²) in [5.74, 6) is 0. The van der Waals surface area contributed by atoms with E-state index >= 15 is 0 Å². The zero-order valence-electron chi connectivity index (χ0n) is 8.19. The third-order valence-corrected chi connectivity index (χ3v) is 2.93. The molecule has 0 aromatic carbocycles. The Kier molecular flexibility index (Phi) is 2.49. The van der Waals surface area contributed by atoms with E-state index in [0.717, 1.165) is 11.7 Å². The number of nitrogens with zero attached hydrogens (tertiary/aromatic N) is 3. The van der Waals surface area contributed by atoms with E-state index < -0.39 is 0 Å². The van der Waals surface area contributed by atoms with Crippen LogP contribution in [0.15, 0.2) is 17.8 Å². The molecule has 2 rings (SSSR count). The fourth-order valence-corrected chi connectivity index (χ4v) is 1.73. The van der Waals surface area contributed by atoms with Crippen LogP contribution < -0.4 is 5.32 Å². The highest BCUT2D eigenvalue weighted by molar-refractivity contribution is 7.13. The maximum absolute atomic E-state index is 4.18. The molecule has 2 heterocycles. The zero-order chi connectivity index (χ0) is 9.97. The van der Waals surface area contributed by atoms with Crippen molar-refractivity contribution in [3.05, 3.63) is 29.0 Å². The monoisotopic (exact) mass is 208 g/mol. The first-order valence-electron chi connectivity index (χ1n) is 4.38. The summed E-state index contributed by atoms with van der Waals surface area (Å²) in [6.07, 6.45) is 3.68. The summed E-state index contributed by atoms with van der Waals surface area (Å²) in [5, 5.41) is 10.3. The van der Waals surface area contributed by atoms with Crippen molar-refractivity contribution in [2.24, 2.45) is 7.05 Å². The third-order valence-electron chi connectivity index (χ3n) is 2.20. The lowest BCUT2D eigenvalue weighted by atomic mass is 10.2. The van der Waals surface area contributed by atoms with Gasteiger partial charge < -0.3 is 5.32 Å². The molecule has 0 atom stereocenters. The Labute approximate surface area is 86.6 Å². The van der Waals surface area contributed by atoms with Crippen molar-refractivity contribution in [2.45, 2.75) is 13.5 Å². The van der Waals surface area contributed by atoms with E-state index in [-0.39, 0.29) is 0 Å². The lowest BCUT2D eigenvalue weighted by Gasteiger charge is -2.01. The molecule has 0 aliphatic heterocycles. The lowest BCUT2D eigenvalue weighted by molar-refractivity contribution is 0.738. The number of nitrogens with one attached hydrogen (secondary N) is 1. The van der Waals surface area contributed by atoms with Crippen molar-refractivity contribution in [1.82, 2.24) is 14.8 Å². The second-order valence-corrected chi connectivity index (χ2v) is 3.96. The number of hydrogen-bond acceptors (Lipinski definition) is 4. The van der Waals surface area contributed by atoms with Crippen molar-refractivity contribution in [1.29, 1.82) is 0 Å². The summed E-state index contributed by atoms with van der Waals surface area (Å²) in [6.45, 7) is 2.85. The molecule has 0 aliphatic carbocycles. The molecule has 0 bridgehead atoms. The molecule has 0 aliphatic rings. The van der Waals surface area contributed by atoms with Gasteiger partial charge in [-0.25, -0.2) is 4.98 Å². The van der Waals surface area contributed by atoms with Gasteiger partial charge in [-0.15, -0.1) is 11.3 Å². The largest absolute Gasteiger partial charge is 0.357 e. The molecular formula is C9H12N4S. The number of hydrogen-bond donors (Lipinski definition) is 1. The van der Waals surface area contributed by atoms with Gasteiger partial charge in [-0.3, -0.25) is 4.68 Å². The van der Waals surface area contributed by atoms with Crippen LogP contribution in [0, 0.1) is 6.92 Å². The molecule has 2 aromatic rings. The number of aromatic nitrogens is 3. The normalized spacial score (nSPS) is 10.4. The van der Waals surface area contributed by atoms with Crippen LogP contribution in [-0.2, 0) is 13.6 Å². The molecule has 4 nitrogen and oxygen atoms in total. The number of aryl methyl sites for hydroxylation is 1. The lowest BCUT2D eigenvalue weighted by Crippen LogP contribution is -2.00. The third kappa shape index (κ3) is 1.77. The van der Waals surface area contributed by atoms with Crippen LogP contribution in [0.3, 0.4) is 0 Å². The van der Waals surface area contributed by atoms with Crippen LogP contribution in [0.5, 0.6) is 0 Å². The van der Waals surface area contributed by atoms with Crippen LogP contribution >= 0.6 is 11.3 Å². The van der Waals surface area contributed by atoms with Crippen molar-refractivity contribution < 1.29 is 0 Å². The van der Waals surface area contributed by atoms with Crippen LogP contribution in [0.25, 0.3) is 0 Å². The molecule has 14 heavy (non-hydrogen) atoms. The van der Waals surface area contributed by atoms with E-state index in [1.807, 2.05) is 23.3 Å². The minimum atomic E-state index is 0.785. The minimum Gasteiger partial charge on any atom is -0.357 e. The van der Waals surface area contributed by atoms with Gasteiger partial charge >= 0.3 is 0 Å². The Morgan fingerprint density at radius 1 is 1.57 bits per heavy atom. The van der Waals surface area contributed by atoms with Crippen molar-refractivity contribution in [2.75, 3.05) is 5.32 Å². The summed E-state index contributed by atoms with van der Waals surface area (Å²) >= 11 is 1.61. The highest BCUT2D eigenvalue weighted by atomic mass is 32.1. The van der Waals surface area contributed by atoms with Gasteiger partial charge in [-0.05, 0) is 6.92 Å². The van der Waals surface area contributed by atoms with Gasteiger partial charge in [0.2, 0.25) is 0 Å². The second-order valence-electron chi connectivity index (χ2n) is 3.07. The summed E-state index contributed by atoms with van der Waals surface area (Å²) in [6, 6.07) is 0. The predicted octanol–water partition coefficient (Wildman–Crippen LogP) is 1.80. The van der Waals surface area contributed by atoms with Crippen LogP contribution in [0.2, 0.25) is 0 Å². The smallest absolute Gasteiger partial charge is 0.182 e. The second kappa shape index (κ2) is 3.79. The van der Waals surface area contributed by atoms with Gasteiger partial charge in [0.1, 0.15) is 0 Å². The molecule has 0 saturated heterocycles. The Hall–Kier alpha value is -1.36. The SMILES string of the molecule is Cc1c(CNc2nccs2)cnn1C. The molecule has 74 valence electrons. The highest BCUT2D eigenvalue weighted by Crippen LogP contribution is 2.13. The van der Waals surface area contributed by atoms with Crippen molar-refractivity contribution in [3.63, 3.8) is 0 Å². The predicted molar refractivity (Wildman–Crippen MR) is 57.4 cm³/mol. The molecular weight excluding hydrogens is 196 g/mol. The quantitative estimate of drug-likeness (QED) is 0.836. The molecule has 0 unspecified atom stereocenters. The molecule has 1 N–H and O–H groups in total. The average Bonchev–Trinajstić information content (AvgIpc) is 2.77. The fraction of sp³-hybridized carbons (Fsp3) is 0.333. The van der Waals surface area contributed by atoms with Crippen molar-refractivity contribution in [3.8, 4) is 0 Å². The van der Waals surface area contributed by atoms with Gasteiger partial charge in [0.15, 0.2) is 5.13 Å². The summed E-state index contributed by atoms with van der Waals surface area (Å²) in [5.41, 5.74) is 2.40. The minimum absolute atomic E-state index is 0.785. The Morgan fingerprint density at radius 3 is 3.00 bits per heavy atom. The van der Waals surface area contributed by atoms with E-state index in [4.69, 9.17) is 0 Å². The van der Waals surface area contributed by atoms with Gasteiger partial charge in [-0.1, -0.05) is 0 Å². The first kappa shape index (κ1) is 9.21. The average molecular weight is 208 g/mol. The molecule has 0 fully saturated rings. The maximum atomic E-state index is 4.18. The Bertz CT molecular complexity index is 404. The molecule has 0 radical (unpaired) electrons. The van der Waals surface area contributed by atoms with Gasteiger partial charge in [0.05, 0.1) is 6.20 Å². The van der Waals surface area contributed by atoms with Crippen LogP contribution in [0.1, 0.15) is 11.3 Å². The standard InChI is InChI=1S/C9H12N4S/c1-7-8(6-12-13(7)2)5-11-9-10-3-4-14-9/h3-4,6H,5H2,1-2H3,(H,10,11). The van der Waals surface area contributed by atoms with E-state index in [1.54, 1.807) is 17.5 Å². The fourth-order valence-electron chi connectivity index (χ4n) is 1.20. The Morgan fingerprint density at radius 2 is 2.43 bits per heavy atom. The number of rotatable bonds is 3. The van der Waals surface area contributed by atoms with Crippen LogP contribution in [-0.4, -0.2) is 14.8 Å². The van der Waals surface area contributed by atoms with E-state index in [0.29, 0.717) is 0 Å². The Balaban J connectivity index is 2.02. The molecule has 0 saturated carbocycles. The molecule has 5 heteroatoms. The van der Waals surface area contributed by atoms with Gasteiger partial charge in [0, 0.05) is 36.4 Å². The number of thiazole rings is 1. The summed E-state index contributed by atoms with van der Waals surface area (Å²) in [7, 11) is 1.95. The first-order valence-corrected chi connectivity index (χ1v) is 5.26. The van der Waals surface area contributed by atoms with Crippen LogP contribution in [0.4, 0.5) is 5.13 Å². The van der Waals surface area contributed by atoms with E-state index in [9.17, 15) is 0 Å². The molecule has 2 aromatic heterocycles. The molecule has 0 spiro atoms. The number of anilines is 1. The van der Waals surface area contributed by atoms with Crippen molar-refractivity contribution >= 4 is 16.5 Å². The highest BCUT2D eigenvalue weighted by Gasteiger charge is 2.03. The molecule has 0 amide bonds. The topological polar surface area (TPSA) is 42.7 Å². The maximum Gasteiger partial charge on any atom is 0.182 e.